The largest absolute Gasteiger partial charge is 0.417 e. The molecule has 2 fully saturated rings. The van der Waals surface area contributed by atoms with E-state index in [-0.39, 0.29) is 6.10 Å². The Balaban J connectivity index is 1.75. The number of hydrogen-bond acceptors (Lipinski definition) is 2. The SMILES string of the molecule is C[C@@H](CCCCO[Si](C)(C)C(C)(C)C)[C@H]1CC[C@H]2[C@@H](O)CCC[C@]12C. The Hall–Kier alpha value is 0.137. The number of rotatable bonds is 7. The summed E-state index contributed by atoms with van der Waals surface area (Å²) in [5, 5.41) is 10.7. The minimum Gasteiger partial charge on any atom is -0.417 e. The van der Waals surface area contributed by atoms with Gasteiger partial charge in [-0.1, -0.05) is 53.9 Å². The molecule has 0 heterocycles. The van der Waals surface area contributed by atoms with E-state index in [0.717, 1.165) is 24.9 Å². The van der Waals surface area contributed by atoms with Crippen molar-refractivity contribution in [2.75, 3.05) is 6.61 Å². The summed E-state index contributed by atoms with van der Waals surface area (Å²) in [5.41, 5.74) is 0.398. The highest BCUT2D eigenvalue weighted by Gasteiger charge is 2.51. The third kappa shape index (κ3) is 4.71. The van der Waals surface area contributed by atoms with Crippen molar-refractivity contribution in [3.63, 3.8) is 0 Å². The molecular formula is C22H44O2Si. The lowest BCUT2D eigenvalue weighted by molar-refractivity contribution is -0.0278. The molecule has 0 saturated heterocycles. The molecule has 3 heteroatoms. The molecule has 2 saturated carbocycles. The van der Waals surface area contributed by atoms with E-state index in [9.17, 15) is 5.11 Å². The molecule has 0 radical (unpaired) electrons. The van der Waals surface area contributed by atoms with Gasteiger partial charge in [-0.2, -0.15) is 0 Å². The summed E-state index contributed by atoms with van der Waals surface area (Å²) in [4.78, 5) is 0. The van der Waals surface area contributed by atoms with Crippen LogP contribution in [0.25, 0.3) is 0 Å². The summed E-state index contributed by atoms with van der Waals surface area (Å²) in [7, 11) is -1.58. The second kappa shape index (κ2) is 8.02. The van der Waals surface area contributed by atoms with Gasteiger partial charge in [0, 0.05) is 6.61 Å². The van der Waals surface area contributed by atoms with Gasteiger partial charge in [0.1, 0.15) is 0 Å². The van der Waals surface area contributed by atoms with Crippen molar-refractivity contribution in [1.29, 1.82) is 0 Å². The van der Waals surface area contributed by atoms with Gasteiger partial charge < -0.3 is 9.53 Å². The molecule has 2 aliphatic rings. The zero-order valence-electron chi connectivity index (χ0n) is 18.0. The number of aliphatic hydroxyl groups is 1. The maximum absolute atomic E-state index is 10.4. The summed E-state index contributed by atoms with van der Waals surface area (Å²) in [6.45, 7) is 17.5. The first kappa shape index (κ1) is 21.4. The van der Waals surface area contributed by atoms with E-state index < -0.39 is 8.32 Å². The Bertz CT molecular complexity index is 428. The highest BCUT2D eigenvalue weighted by Crippen LogP contribution is 2.58. The standard InChI is InChI=1S/C22H44O2Si/c1-17(11-8-9-16-24-25(6,7)21(2,3)4)18-13-14-19-20(23)12-10-15-22(18,19)5/h17-20,23H,8-16H2,1-7H3/t17-,18+,19-,20-,22+/m0/s1. The minimum atomic E-state index is -1.58. The van der Waals surface area contributed by atoms with Gasteiger partial charge in [-0.3, -0.25) is 0 Å². The lowest BCUT2D eigenvalue weighted by atomic mass is 9.61. The molecule has 1 N–H and O–H groups in total. The molecule has 0 unspecified atom stereocenters. The number of aliphatic hydroxyl groups excluding tert-OH is 1. The molecule has 2 rings (SSSR count). The van der Waals surface area contributed by atoms with Crippen LogP contribution >= 0.6 is 0 Å². The van der Waals surface area contributed by atoms with Gasteiger partial charge in [0.25, 0.3) is 0 Å². The van der Waals surface area contributed by atoms with E-state index in [2.05, 4.69) is 47.7 Å². The molecule has 0 aromatic heterocycles. The third-order valence-corrected chi connectivity index (χ3v) is 12.7. The molecule has 0 aliphatic heterocycles. The third-order valence-electron chi connectivity index (χ3n) is 8.17. The van der Waals surface area contributed by atoms with Crippen molar-refractivity contribution < 1.29 is 9.53 Å². The smallest absolute Gasteiger partial charge is 0.191 e. The maximum Gasteiger partial charge on any atom is 0.191 e. The molecular weight excluding hydrogens is 324 g/mol. The normalized spacial score (nSPS) is 34.8. The van der Waals surface area contributed by atoms with Gasteiger partial charge in [-0.15, -0.1) is 0 Å². The van der Waals surface area contributed by atoms with Gasteiger partial charge in [0.15, 0.2) is 8.32 Å². The van der Waals surface area contributed by atoms with Crippen molar-refractivity contribution in [3.8, 4) is 0 Å². The summed E-state index contributed by atoms with van der Waals surface area (Å²) < 4.78 is 6.33. The Morgan fingerprint density at radius 2 is 1.84 bits per heavy atom. The Kier molecular flexibility index (Phi) is 6.88. The van der Waals surface area contributed by atoms with E-state index in [0.29, 0.717) is 16.4 Å². The summed E-state index contributed by atoms with van der Waals surface area (Å²) >= 11 is 0. The molecule has 0 spiro atoms. The summed E-state index contributed by atoms with van der Waals surface area (Å²) in [6.07, 6.45) is 9.95. The Morgan fingerprint density at radius 1 is 1.16 bits per heavy atom. The van der Waals surface area contributed by atoms with Crippen LogP contribution in [0.1, 0.15) is 86.0 Å². The van der Waals surface area contributed by atoms with Crippen molar-refractivity contribution in [1.82, 2.24) is 0 Å². The van der Waals surface area contributed by atoms with E-state index in [1.165, 1.54) is 44.9 Å². The molecule has 2 nitrogen and oxygen atoms in total. The first-order valence-electron chi connectivity index (χ1n) is 10.8. The predicted octanol–water partition coefficient (Wildman–Crippen LogP) is 6.39. The number of unbranched alkanes of at least 4 members (excludes halogenated alkanes) is 1. The molecule has 0 bridgehead atoms. The monoisotopic (exact) mass is 368 g/mol. The lowest BCUT2D eigenvalue weighted by Crippen LogP contribution is -2.41. The van der Waals surface area contributed by atoms with Crippen molar-refractivity contribution >= 4 is 8.32 Å². The van der Waals surface area contributed by atoms with Gasteiger partial charge in [0.2, 0.25) is 0 Å². The summed E-state index contributed by atoms with van der Waals surface area (Å²) in [5.74, 6) is 2.16. The number of fused-ring (bicyclic) bond motifs is 1. The van der Waals surface area contributed by atoms with Crippen molar-refractivity contribution in [2.45, 2.75) is 110 Å². The van der Waals surface area contributed by atoms with Crippen LogP contribution in [-0.2, 0) is 4.43 Å². The van der Waals surface area contributed by atoms with Crippen LogP contribution in [0.2, 0.25) is 18.1 Å². The first-order chi connectivity index (χ1) is 11.5. The molecule has 148 valence electrons. The topological polar surface area (TPSA) is 29.5 Å². The first-order valence-corrected chi connectivity index (χ1v) is 13.7. The van der Waals surface area contributed by atoms with Crippen LogP contribution in [0, 0.1) is 23.2 Å². The second-order valence-electron chi connectivity index (χ2n) is 10.8. The van der Waals surface area contributed by atoms with Crippen LogP contribution < -0.4 is 0 Å². The van der Waals surface area contributed by atoms with Crippen molar-refractivity contribution in [2.24, 2.45) is 23.2 Å². The molecule has 25 heavy (non-hydrogen) atoms. The van der Waals surface area contributed by atoms with Crippen LogP contribution in [0.5, 0.6) is 0 Å². The Morgan fingerprint density at radius 3 is 2.48 bits per heavy atom. The fourth-order valence-corrected chi connectivity index (χ4v) is 6.53. The Labute approximate surface area is 158 Å². The van der Waals surface area contributed by atoms with E-state index in [1.54, 1.807) is 0 Å². The predicted molar refractivity (Wildman–Crippen MR) is 110 cm³/mol. The fraction of sp³-hybridized carbons (Fsp3) is 1.00. The molecule has 0 amide bonds. The maximum atomic E-state index is 10.4. The number of hydrogen-bond donors (Lipinski definition) is 1. The lowest BCUT2D eigenvalue weighted by Gasteiger charge is -2.45. The quantitative estimate of drug-likeness (QED) is 0.416. The summed E-state index contributed by atoms with van der Waals surface area (Å²) in [6, 6.07) is 0. The highest BCUT2D eigenvalue weighted by atomic mass is 28.4. The van der Waals surface area contributed by atoms with Crippen molar-refractivity contribution in [3.05, 3.63) is 0 Å². The fourth-order valence-electron chi connectivity index (χ4n) is 5.44. The zero-order valence-corrected chi connectivity index (χ0v) is 19.0. The van der Waals surface area contributed by atoms with E-state index >= 15 is 0 Å². The average molecular weight is 369 g/mol. The van der Waals surface area contributed by atoms with E-state index in [1.807, 2.05) is 0 Å². The van der Waals surface area contributed by atoms with Gasteiger partial charge in [-0.25, -0.2) is 0 Å². The second-order valence-corrected chi connectivity index (χ2v) is 15.6. The molecule has 5 atom stereocenters. The van der Waals surface area contributed by atoms with Crippen LogP contribution in [0.15, 0.2) is 0 Å². The van der Waals surface area contributed by atoms with Gasteiger partial charge >= 0.3 is 0 Å². The van der Waals surface area contributed by atoms with E-state index in [4.69, 9.17) is 4.43 Å². The molecule has 0 aromatic rings. The zero-order chi connectivity index (χ0) is 18.9. The molecule has 2 aliphatic carbocycles. The highest BCUT2D eigenvalue weighted by molar-refractivity contribution is 6.74. The van der Waals surface area contributed by atoms with Crippen LogP contribution in [0.3, 0.4) is 0 Å². The average Bonchev–Trinajstić information content (AvgIpc) is 2.84. The van der Waals surface area contributed by atoms with Crippen LogP contribution in [-0.4, -0.2) is 26.1 Å². The minimum absolute atomic E-state index is 0.0334. The van der Waals surface area contributed by atoms with Gasteiger partial charge in [-0.05, 0) is 73.4 Å². The molecule has 0 aromatic carbocycles. The van der Waals surface area contributed by atoms with Gasteiger partial charge in [0.05, 0.1) is 6.10 Å². The van der Waals surface area contributed by atoms with Crippen LogP contribution in [0.4, 0.5) is 0 Å².